The number of rotatable bonds is 12. The maximum Gasteiger partial charge on any atom is 0.119 e. The summed E-state index contributed by atoms with van der Waals surface area (Å²) in [6, 6.07) is 14.6. The summed E-state index contributed by atoms with van der Waals surface area (Å²) in [6.45, 7) is 14.0. The van der Waals surface area contributed by atoms with Crippen molar-refractivity contribution in [1.82, 2.24) is 0 Å². The number of hydrogen-bond acceptors (Lipinski definition) is 1. The van der Waals surface area contributed by atoms with Gasteiger partial charge in [-0.1, -0.05) is 113 Å². The van der Waals surface area contributed by atoms with Gasteiger partial charge in [0.2, 0.25) is 0 Å². The molecule has 0 aliphatic carbocycles. The highest BCUT2D eigenvalue weighted by Crippen LogP contribution is 2.44. The molecule has 3 heteroatoms. The van der Waals surface area contributed by atoms with E-state index in [0.29, 0.717) is 0 Å². The lowest BCUT2D eigenvalue weighted by molar-refractivity contribution is -0.0166. The summed E-state index contributed by atoms with van der Waals surface area (Å²) in [5.74, 6) is 0.961. The quantitative estimate of drug-likeness (QED) is 0.252. The molecule has 1 nitrogen and oxygen atoms in total. The standard InChI is InChI=1S/C29H42BrClO/c1-7-8-9-10-11-12-13-27(29(5,6)28(2,3)4)32-25-17-14-22(15-18-25)20-23-21-24(30)16-19-26(23)31/h14-19,21,27H,7-13,20H2,1-6H3. The van der Waals surface area contributed by atoms with Crippen LogP contribution < -0.4 is 4.74 Å². The number of hydrogen-bond donors (Lipinski definition) is 0. The van der Waals surface area contributed by atoms with Crippen molar-refractivity contribution in [1.29, 1.82) is 0 Å². The Labute approximate surface area is 210 Å². The van der Waals surface area contributed by atoms with Crippen molar-refractivity contribution < 1.29 is 4.74 Å². The van der Waals surface area contributed by atoms with Crippen LogP contribution in [0.4, 0.5) is 0 Å². The maximum absolute atomic E-state index is 6.65. The molecule has 1 atom stereocenters. The average Bonchev–Trinajstić information content (AvgIpc) is 2.72. The summed E-state index contributed by atoms with van der Waals surface area (Å²) < 4.78 is 7.70. The van der Waals surface area contributed by atoms with Gasteiger partial charge in [0, 0.05) is 14.9 Å². The van der Waals surface area contributed by atoms with Crippen LogP contribution in [-0.4, -0.2) is 6.10 Å². The molecule has 2 aromatic carbocycles. The highest BCUT2D eigenvalue weighted by atomic mass is 79.9. The molecule has 0 radical (unpaired) electrons. The fraction of sp³-hybridized carbons (Fsp3) is 0.586. The van der Waals surface area contributed by atoms with E-state index in [-0.39, 0.29) is 16.9 Å². The molecule has 0 fully saturated rings. The van der Waals surface area contributed by atoms with Crippen LogP contribution in [0.25, 0.3) is 0 Å². The SMILES string of the molecule is CCCCCCCCC(Oc1ccc(Cc2cc(Br)ccc2Cl)cc1)C(C)(C)C(C)(C)C. The molecule has 0 amide bonds. The maximum atomic E-state index is 6.65. The first-order valence-corrected chi connectivity index (χ1v) is 13.4. The molecular weight excluding hydrogens is 480 g/mol. The normalized spacial score (nSPS) is 13.2. The van der Waals surface area contributed by atoms with Crippen LogP contribution in [0.2, 0.25) is 5.02 Å². The van der Waals surface area contributed by atoms with Crippen LogP contribution >= 0.6 is 27.5 Å². The molecule has 0 aliphatic rings. The molecular formula is C29H42BrClO. The summed E-state index contributed by atoms with van der Waals surface area (Å²) in [5, 5.41) is 0.805. The molecule has 0 spiro atoms. The third kappa shape index (κ3) is 8.10. The van der Waals surface area contributed by atoms with Crippen molar-refractivity contribution >= 4 is 27.5 Å². The lowest BCUT2D eigenvalue weighted by Crippen LogP contribution is -2.44. The van der Waals surface area contributed by atoms with E-state index in [1.807, 2.05) is 12.1 Å². The van der Waals surface area contributed by atoms with Crippen molar-refractivity contribution in [3.05, 3.63) is 63.1 Å². The van der Waals surface area contributed by atoms with Gasteiger partial charge in [-0.2, -0.15) is 0 Å². The Hall–Kier alpha value is -0.990. The Balaban J connectivity index is 2.06. The zero-order chi connectivity index (χ0) is 23.8. The van der Waals surface area contributed by atoms with E-state index >= 15 is 0 Å². The second-order valence-corrected chi connectivity index (χ2v) is 12.0. The third-order valence-corrected chi connectivity index (χ3v) is 8.02. The average molecular weight is 522 g/mol. The molecule has 0 N–H and O–H groups in total. The first-order valence-electron chi connectivity index (χ1n) is 12.2. The first-order chi connectivity index (χ1) is 15.0. The van der Waals surface area contributed by atoms with E-state index < -0.39 is 0 Å². The summed E-state index contributed by atoms with van der Waals surface area (Å²) in [6.07, 6.45) is 9.98. The Bertz CT molecular complexity index is 820. The smallest absolute Gasteiger partial charge is 0.119 e. The van der Waals surface area contributed by atoms with Crippen molar-refractivity contribution in [2.45, 2.75) is 99.0 Å². The van der Waals surface area contributed by atoms with Gasteiger partial charge in [0.15, 0.2) is 0 Å². The van der Waals surface area contributed by atoms with Crippen molar-refractivity contribution in [2.75, 3.05) is 0 Å². The molecule has 0 aliphatic heterocycles. The lowest BCUT2D eigenvalue weighted by Gasteiger charge is -2.45. The number of halogens is 2. The van der Waals surface area contributed by atoms with Crippen LogP contribution in [0.15, 0.2) is 46.9 Å². The summed E-state index contributed by atoms with van der Waals surface area (Å²) >= 11 is 9.92. The van der Waals surface area contributed by atoms with Crippen LogP contribution in [0, 0.1) is 10.8 Å². The number of ether oxygens (including phenoxy) is 1. The molecule has 178 valence electrons. The summed E-state index contributed by atoms with van der Waals surface area (Å²) in [4.78, 5) is 0. The molecule has 0 saturated heterocycles. The summed E-state index contributed by atoms with van der Waals surface area (Å²) in [5.41, 5.74) is 2.60. The predicted molar refractivity (Wildman–Crippen MR) is 144 cm³/mol. The fourth-order valence-electron chi connectivity index (χ4n) is 3.91. The molecule has 1 unspecified atom stereocenters. The van der Waals surface area contributed by atoms with E-state index in [0.717, 1.165) is 33.6 Å². The minimum Gasteiger partial charge on any atom is -0.490 e. The van der Waals surface area contributed by atoms with Crippen molar-refractivity contribution in [3.8, 4) is 5.75 Å². The zero-order valence-electron chi connectivity index (χ0n) is 20.9. The molecule has 0 heterocycles. The van der Waals surface area contributed by atoms with Gasteiger partial charge in [0.25, 0.3) is 0 Å². The van der Waals surface area contributed by atoms with Gasteiger partial charge < -0.3 is 4.74 Å². The first kappa shape index (κ1) is 27.3. The number of unbranched alkanes of at least 4 members (excludes halogenated alkanes) is 5. The summed E-state index contributed by atoms with van der Waals surface area (Å²) in [7, 11) is 0. The largest absolute Gasteiger partial charge is 0.490 e. The van der Waals surface area contributed by atoms with E-state index in [9.17, 15) is 0 Å². The lowest BCUT2D eigenvalue weighted by atomic mass is 9.65. The monoisotopic (exact) mass is 520 g/mol. The van der Waals surface area contributed by atoms with E-state index in [1.165, 1.54) is 44.1 Å². The highest BCUT2D eigenvalue weighted by Gasteiger charge is 2.41. The topological polar surface area (TPSA) is 9.23 Å². The van der Waals surface area contributed by atoms with E-state index in [2.05, 4.69) is 87.8 Å². The van der Waals surface area contributed by atoms with Crippen LogP contribution in [0.5, 0.6) is 5.75 Å². The van der Waals surface area contributed by atoms with Crippen molar-refractivity contribution in [3.63, 3.8) is 0 Å². The van der Waals surface area contributed by atoms with Gasteiger partial charge in [-0.3, -0.25) is 0 Å². The third-order valence-electron chi connectivity index (χ3n) is 7.16. The molecule has 2 rings (SSSR count). The Morgan fingerprint density at radius 3 is 2.12 bits per heavy atom. The Morgan fingerprint density at radius 1 is 0.875 bits per heavy atom. The minimum atomic E-state index is 0.0684. The fourth-order valence-corrected chi connectivity index (χ4v) is 4.50. The van der Waals surface area contributed by atoms with Gasteiger partial charge >= 0.3 is 0 Å². The van der Waals surface area contributed by atoms with E-state index in [4.69, 9.17) is 16.3 Å². The molecule has 32 heavy (non-hydrogen) atoms. The molecule has 0 bridgehead atoms. The number of benzene rings is 2. The van der Waals surface area contributed by atoms with Crippen LogP contribution in [-0.2, 0) is 6.42 Å². The Kier molecular flexibility index (Phi) is 10.6. The van der Waals surface area contributed by atoms with Crippen LogP contribution in [0.3, 0.4) is 0 Å². The van der Waals surface area contributed by atoms with Gasteiger partial charge in [-0.15, -0.1) is 0 Å². The van der Waals surface area contributed by atoms with Crippen LogP contribution in [0.1, 0.15) is 97.6 Å². The second kappa shape index (κ2) is 12.5. The van der Waals surface area contributed by atoms with Gasteiger partial charge in [0.05, 0.1) is 0 Å². The molecule has 2 aromatic rings. The van der Waals surface area contributed by atoms with Crippen molar-refractivity contribution in [2.24, 2.45) is 10.8 Å². The van der Waals surface area contributed by atoms with E-state index in [1.54, 1.807) is 0 Å². The van der Waals surface area contributed by atoms with Gasteiger partial charge in [0.1, 0.15) is 11.9 Å². The highest BCUT2D eigenvalue weighted by molar-refractivity contribution is 9.10. The minimum absolute atomic E-state index is 0.0684. The van der Waals surface area contributed by atoms with Gasteiger partial charge in [-0.25, -0.2) is 0 Å². The Morgan fingerprint density at radius 2 is 1.50 bits per heavy atom. The molecule has 0 aromatic heterocycles. The second-order valence-electron chi connectivity index (χ2n) is 10.7. The zero-order valence-corrected chi connectivity index (χ0v) is 23.3. The van der Waals surface area contributed by atoms with Gasteiger partial charge in [-0.05, 0) is 66.1 Å². The predicted octanol–water partition coefficient (Wildman–Crippen LogP) is 10.3. The molecule has 0 saturated carbocycles.